The van der Waals surface area contributed by atoms with Crippen molar-refractivity contribution < 1.29 is 4.79 Å². The molecule has 0 aliphatic carbocycles. The van der Waals surface area contributed by atoms with Crippen LogP contribution >= 0.6 is 0 Å². The van der Waals surface area contributed by atoms with Gasteiger partial charge in [0.15, 0.2) is 0 Å². The van der Waals surface area contributed by atoms with E-state index in [4.69, 9.17) is 0 Å². The van der Waals surface area contributed by atoms with Gasteiger partial charge in [-0.15, -0.1) is 20.0 Å². The number of aromatic nitrogens is 7. The first-order valence-corrected chi connectivity index (χ1v) is 10.9. The van der Waals surface area contributed by atoms with E-state index in [0.717, 1.165) is 26.9 Å². The van der Waals surface area contributed by atoms with E-state index in [1.807, 2.05) is 74.5 Å². The van der Waals surface area contributed by atoms with E-state index in [-0.39, 0.29) is 12.3 Å². The number of benzene rings is 2. The molecule has 0 unspecified atom stereocenters. The number of hydrogen-bond acceptors (Lipinski definition) is 6. The standard InChI is InChI=1S/C24H25N7O2/c1-3-5-11-21-27-31(22(32)8-4-2)24(33)30(21)16-17-12-14-18(15-13-17)19-9-6-7-10-20(19)23-25-28-29-26-23/h3,5-7,9-10,12-15H,4,8,11,16H2,1-2H3,(H,25,26,28,29)/b5-3+. The van der Waals surface area contributed by atoms with Crippen molar-refractivity contribution in [2.45, 2.75) is 39.7 Å². The first-order valence-electron chi connectivity index (χ1n) is 10.9. The van der Waals surface area contributed by atoms with Crippen LogP contribution < -0.4 is 5.69 Å². The van der Waals surface area contributed by atoms with Crippen molar-refractivity contribution >= 4 is 5.91 Å². The van der Waals surface area contributed by atoms with Crippen LogP contribution in [0.3, 0.4) is 0 Å². The van der Waals surface area contributed by atoms with E-state index in [2.05, 4.69) is 25.7 Å². The maximum absolute atomic E-state index is 12.9. The highest BCUT2D eigenvalue weighted by molar-refractivity contribution is 5.80. The lowest BCUT2D eigenvalue weighted by atomic mass is 9.98. The van der Waals surface area contributed by atoms with Crippen molar-refractivity contribution in [1.29, 1.82) is 0 Å². The topological polar surface area (TPSA) is 111 Å². The van der Waals surface area contributed by atoms with Crippen molar-refractivity contribution in [3.8, 4) is 22.5 Å². The van der Waals surface area contributed by atoms with E-state index >= 15 is 0 Å². The van der Waals surface area contributed by atoms with Gasteiger partial charge in [0.2, 0.25) is 5.82 Å². The Morgan fingerprint density at radius 2 is 1.85 bits per heavy atom. The first-order chi connectivity index (χ1) is 16.1. The van der Waals surface area contributed by atoms with Gasteiger partial charge in [-0.05, 0) is 35.2 Å². The Bertz CT molecular complexity index is 1320. The summed E-state index contributed by atoms with van der Waals surface area (Å²) < 4.78 is 2.56. The molecular weight excluding hydrogens is 418 g/mol. The van der Waals surface area contributed by atoms with Gasteiger partial charge in [0.05, 0.1) is 6.54 Å². The number of allylic oxidation sites excluding steroid dienone is 2. The Labute approximate surface area is 190 Å². The Kier molecular flexibility index (Phi) is 6.68. The summed E-state index contributed by atoms with van der Waals surface area (Å²) in [6.45, 7) is 4.14. The van der Waals surface area contributed by atoms with Crippen LogP contribution in [-0.4, -0.2) is 40.9 Å². The molecule has 0 radical (unpaired) electrons. The molecule has 0 bridgehead atoms. The summed E-state index contributed by atoms with van der Waals surface area (Å²) in [6.07, 6.45) is 5.25. The molecule has 0 aliphatic heterocycles. The van der Waals surface area contributed by atoms with Crippen LogP contribution in [0, 0.1) is 0 Å². The summed E-state index contributed by atoms with van der Waals surface area (Å²) in [5.74, 6) is 0.810. The van der Waals surface area contributed by atoms with Gasteiger partial charge in [-0.3, -0.25) is 9.36 Å². The second-order valence-electron chi connectivity index (χ2n) is 7.59. The fourth-order valence-electron chi connectivity index (χ4n) is 3.63. The smallest absolute Gasteiger partial charge is 0.274 e. The van der Waals surface area contributed by atoms with E-state index in [0.29, 0.717) is 31.0 Å². The largest absolute Gasteiger partial charge is 0.353 e. The molecule has 33 heavy (non-hydrogen) atoms. The highest BCUT2D eigenvalue weighted by Crippen LogP contribution is 2.29. The maximum atomic E-state index is 12.9. The van der Waals surface area contributed by atoms with Crippen LogP contribution in [-0.2, 0) is 13.0 Å². The fourth-order valence-corrected chi connectivity index (χ4v) is 3.63. The van der Waals surface area contributed by atoms with Gasteiger partial charge in [0.1, 0.15) is 5.82 Å². The van der Waals surface area contributed by atoms with Crippen LogP contribution in [0.2, 0.25) is 0 Å². The quantitative estimate of drug-likeness (QED) is 0.417. The number of tetrazole rings is 1. The minimum Gasteiger partial charge on any atom is -0.274 e. The number of nitrogens with one attached hydrogen (secondary N) is 1. The molecule has 0 amide bonds. The molecule has 2 heterocycles. The molecule has 4 aromatic rings. The Morgan fingerprint density at radius 1 is 1.09 bits per heavy atom. The zero-order valence-electron chi connectivity index (χ0n) is 18.6. The van der Waals surface area contributed by atoms with E-state index in [1.165, 1.54) is 0 Å². The molecule has 4 rings (SSSR count). The molecule has 0 fully saturated rings. The second kappa shape index (κ2) is 9.99. The van der Waals surface area contributed by atoms with Crippen molar-refractivity contribution in [3.63, 3.8) is 0 Å². The van der Waals surface area contributed by atoms with Crippen LogP contribution in [0.4, 0.5) is 0 Å². The maximum Gasteiger partial charge on any atom is 0.353 e. The van der Waals surface area contributed by atoms with Crippen LogP contribution in [0.15, 0.2) is 65.5 Å². The highest BCUT2D eigenvalue weighted by atomic mass is 16.2. The molecule has 168 valence electrons. The van der Waals surface area contributed by atoms with Gasteiger partial charge < -0.3 is 0 Å². The van der Waals surface area contributed by atoms with Gasteiger partial charge in [-0.2, -0.15) is 5.21 Å². The third kappa shape index (κ3) is 4.72. The molecule has 0 aliphatic rings. The van der Waals surface area contributed by atoms with Gasteiger partial charge in [-0.25, -0.2) is 4.79 Å². The monoisotopic (exact) mass is 443 g/mol. The summed E-state index contributed by atoms with van der Waals surface area (Å²) in [5, 5.41) is 18.6. The molecule has 9 heteroatoms. The zero-order chi connectivity index (χ0) is 23.2. The van der Waals surface area contributed by atoms with Crippen LogP contribution in [0.25, 0.3) is 22.5 Å². The van der Waals surface area contributed by atoms with E-state index in [1.54, 1.807) is 4.57 Å². The molecule has 9 nitrogen and oxygen atoms in total. The zero-order valence-corrected chi connectivity index (χ0v) is 18.6. The molecule has 0 saturated heterocycles. The Balaban J connectivity index is 1.64. The van der Waals surface area contributed by atoms with Gasteiger partial charge >= 0.3 is 5.69 Å². The minimum absolute atomic E-state index is 0.281. The van der Waals surface area contributed by atoms with Gasteiger partial charge in [0.25, 0.3) is 5.91 Å². The van der Waals surface area contributed by atoms with E-state index < -0.39 is 5.69 Å². The number of hydrogen-bond donors (Lipinski definition) is 1. The minimum atomic E-state index is -0.403. The second-order valence-corrected chi connectivity index (χ2v) is 7.59. The summed E-state index contributed by atoms with van der Waals surface area (Å²) in [4.78, 5) is 25.3. The SMILES string of the molecule is C/C=C/Cc1nn(C(=O)CCC)c(=O)n1Cc1ccc(-c2ccccc2-c2nn[nH]n2)cc1. The lowest BCUT2D eigenvalue weighted by Crippen LogP contribution is -2.30. The van der Waals surface area contributed by atoms with Crippen LogP contribution in [0.5, 0.6) is 0 Å². The van der Waals surface area contributed by atoms with Crippen LogP contribution in [0.1, 0.15) is 42.9 Å². The highest BCUT2D eigenvalue weighted by Gasteiger charge is 2.17. The van der Waals surface area contributed by atoms with E-state index in [9.17, 15) is 9.59 Å². The van der Waals surface area contributed by atoms with Crippen molar-refractivity contribution in [3.05, 3.63) is 82.6 Å². The third-order valence-electron chi connectivity index (χ3n) is 5.29. The summed E-state index contributed by atoms with van der Waals surface area (Å²) in [5.41, 5.74) is 3.38. The summed E-state index contributed by atoms with van der Waals surface area (Å²) in [7, 11) is 0. The number of H-pyrrole nitrogens is 1. The average Bonchev–Trinajstić information content (AvgIpc) is 3.48. The summed E-state index contributed by atoms with van der Waals surface area (Å²) >= 11 is 0. The predicted octanol–water partition coefficient (Wildman–Crippen LogP) is 3.50. The first kappa shape index (κ1) is 22.1. The fraction of sp³-hybridized carbons (Fsp3) is 0.250. The molecule has 0 saturated carbocycles. The molecular formula is C24H25N7O2. The lowest BCUT2D eigenvalue weighted by molar-refractivity contribution is 0.0880. The lowest BCUT2D eigenvalue weighted by Gasteiger charge is -2.09. The summed E-state index contributed by atoms with van der Waals surface area (Å²) in [6, 6.07) is 15.8. The molecule has 2 aromatic heterocycles. The number of rotatable bonds is 8. The normalized spacial score (nSPS) is 11.3. The van der Waals surface area contributed by atoms with Crippen molar-refractivity contribution in [2.75, 3.05) is 0 Å². The third-order valence-corrected chi connectivity index (χ3v) is 5.29. The number of nitrogens with zero attached hydrogens (tertiary/aromatic N) is 6. The Hall–Kier alpha value is -4.14. The number of carbonyl (C=O) groups is 1. The average molecular weight is 444 g/mol. The number of aromatic amines is 1. The van der Waals surface area contributed by atoms with Crippen molar-refractivity contribution in [2.24, 2.45) is 0 Å². The molecule has 1 N–H and O–H groups in total. The molecule has 2 aromatic carbocycles. The van der Waals surface area contributed by atoms with Gasteiger partial charge in [-0.1, -0.05) is 67.6 Å². The molecule has 0 spiro atoms. The van der Waals surface area contributed by atoms with Gasteiger partial charge in [0, 0.05) is 18.4 Å². The molecule has 0 atom stereocenters. The van der Waals surface area contributed by atoms with Crippen molar-refractivity contribution in [1.82, 2.24) is 35.0 Å². The Morgan fingerprint density at radius 3 is 2.52 bits per heavy atom. The number of carbonyl (C=O) groups excluding carboxylic acids is 1. The predicted molar refractivity (Wildman–Crippen MR) is 125 cm³/mol.